The second-order valence-electron chi connectivity index (χ2n) is 6.53. The van der Waals surface area contributed by atoms with Gasteiger partial charge in [0.15, 0.2) is 0 Å². The predicted octanol–water partition coefficient (Wildman–Crippen LogP) is 6.09. The first kappa shape index (κ1) is 22.2. The van der Waals surface area contributed by atoms with E-state index in [0.717, 1.165) is 6.54 Å². The van der Waals surface area contributed by atoms with Gasteiger partial charge < -0.3 is 11.1 Å². The van der Waals surface area contributed by atoms with Crippen LogP contribution < -0.4 is 11.1 Å². The average Bonchev–Trinajstić information content (AvgIpc) is 2.57. The van der Waals surface area contributed by atoms with Gasteiger partial charge in [-0.2, -0.15) is 0 Å². The SMILES string of the molecule is CCCCCCCCC=CCCCCCCCCNC=CCN. The highest BCUT2D eigenvalue weighted by Gasteiger charge is 1.91. The quantitative estimate of drug-likeness (QED) is 0.237. The Hall–Kier alpha value is -0.760. The van der Waals surface area contributed by atoms with Crippen LogP contribution in [0.4, 0.5) is 0 Å². The van der Waals surface area contributed by atoms with Gasteiger partial charge in [-0.25, -0.2) is 0 Å². The Balaban J connectivity index is 3.06. The van der Waals surface area contributed by atoms with Crippen molar-refractivity contribution in [3.05, 3.63) is 24.4 Å². The Morgan fingerprint density at radius 1 is 0.652 bits per heavy atom. The van der Waals surface area contributed by atoms with Gasteiger partial charge in [-0.1, -0.05) is 82.9 Å². The maximum atomic E-state index is 5.37. The van der Waals surface area contributed by atoms with Crippen LogP contribution in [0.1, 0.15) is 96.8 Å². The highest BCUT2D eigenvalue weighted by Crippen LogP contribution is 2.09. The van der Waals surface area contributed by atoms with Crippen LogP contribution >= 0.6 is 0 Å². The molecule has 3 N–H and O–H groups in total. The van der Waals surface area contributed by atoms with Crippen molar-refractivity contribution in [3.8, 4) is 0 Å². The van der Waals surface area contributed by atoms with Crippen molar-refractivity contribution in [3.63, 3.8) is 0 Å². The van der Waals surface area contributed by atoms with Gasteiger partial charge >= 0.3 is 0 Å². The van der Waals surface area contributed by atoms with Crippen molar-refractivity contribution in [2.24, 2.45) is 5.73 Å². The first-order valence-corrected chi connectivity index (χ1v) is 10.1. The third-order valence-corrected chi connectivity index (χ3v) is 4.20. The van der Waals surface area contributed by atoms with Gasteiger partial charge in [0.2, 0.25) is 0 Å². The first-order valence-electron chi connectivity index (χ1n) is 10.1. The maximum Gasteiger partial charge on any atom is 0.0141 e. The average molecular weight is 323 g/mol. The molecule has 0 rings (SSSR count). The van der Waals surface area contributed by atoms with Gasteiger partial charge in [0.1, 0.15) is 0 Å². The number of nitrogens with one attached hydrogen (secondary N) is 1. The molecule has 0 spiro atoms. The van der Waals surface area contributed by atoms with E-state index in [1.807, 2.05) is 12.3 Å². The minimum atomic E-state index is 0.625. The third kappa shape index (κ3) is 21.2. The van der Waals surface area contributed by atoms with E-state index in [0.29, 0.717) is 6.54 Å². The highest BCUT2D eigenvalue weighted by molar-refractivity contribution is 4.81. The van der Waals surface area contributed by atoms with Gasteiger partial charge in [-0.15, -0.1) is 0 Å². The summed E-state index contributed by atoms with van der Waals surface area (Å²) in [6, 6.07) is 0. The molecule has 0 amide bonds. The summed E-state index contributed by atoms with van der Waals surface area (Å²) in [6.45, 7) is 3.99. The van der Waals surface area contributed by atoms with Crippen molar-refractivity contribution in [1.82, 2.24) is 5.32 Å². The van der Waals surface area contributed by atoms with E-state index in [9.17, 15) is 0 Å². The lowest BCUT2D eigenvalue weighted by molar-refractivity contribution is 0.588. The fourth-order valence-corrected chi connectivity index (χ4v) is 2.71. The normalized spacial score (nSPS) is 11.7. The summed E-state index contributed by atoms with van der Waals surface area (Å²) in [7, 11) is 0. The number of rotatable bonds is 18. The topological polar surface area (TPSA) is 38.0 Å². The number of allylic oxidation sites excluding steroid dienone is 2. The lowest BCUT2D eigenvalue weighted by Gasteiger charge is -2.02. The predicted molar refractivity (Wildman–Crippen MR) is 106 cm³/mol. The second-order valence-corrected chi connectivity index (χ2v) is 6.53. The molecule has 0 unspecified atom stereocenters. The molecule has 136 valence electrons. The zero-order valence-electron chi connectivity index (χ0n) is 15.7. The fraction of sp³-hybridized carbons (Fsp3) is 0.810. The Kier molecular flexibility index (Phi) is 20.5. The van der Waals surface area contributed by atoms with E-state index in [1.165, 1.54) is 89.9 Å². The van der Waals surface area contributed by atoms with Gasteiger partial charge in [0.05, 0.1) is 0 Å². The van der Waals surface area contributed by atoms with E-state index in [2.05, 4.69) is 24.4 Å². The van der Waals surface area contributed by atoms with Crippen molar-refractivity contribution in [2.45, 2.75) is 96.8 Å². The summed E-state index contributed by atoms with van der Waals surface area (Å²) < 4.78 is 0. The molecule has 2 heteroatoms. The van der Waals surface area contributed by atoms with Crippen LogP contribution in [-0.2, 0) is 0 Å². The standard InChI is InChI=1S/C21H42N2/c1-2-3-4-5-6-7-8-9-10-11-12-13-14-15-16-17-20-23-21-18-19-22/h9-10,18,21,23H,2-8,11-17,19-20,22H2,1H3. The monoisotopic (exact) mass is 322 g/mol. The molecule has 0 heterocycles. The molecule has 2 nitrogen and oxygen atoms in total. The molecular weight excluding hydrogens is 280 g/mol. The van der Waals surface area contributed by atoms with Crippen LogP contribution in [0.3, 0.4) is 0 Å². The van der Waals surface area contributed by atoms with Crippen LogP contribution in [0.15, 0.2) is 24.4 Å². The smallest absolute Gasteiger partial charge is 0.0141 e. The molecule has 0 atom stereocenters. The molecule has 0 fully saturated rings. The molecule has 0 aromatic heterocycles. The van der Waals surface area contributed by atoms with Crippen molar-refractivity contribution >= 4 is 0 Å². The molecule has 23 heavy (non-hydrogen) atoms. The van der Waals surface area contributed by atoms with Gasteiger partial charge in [-0.05, 0) is 38.3 Å². The Morgan fingerprint density at radius 2 is 1.17 bits per heavy atom. The summed E-state index contributed by atoms with van der Waals surface area (Å²) in [5.74, 6) is 0. The Labute approximate surface area is 146 Å². The van der Waals surface area contributed by atoms with Crippen LogP contribution in [0.2, 0.25) is 0 Å². The maximum absolute atomic E-state index is 5.37. The molecule has 0 bridgehead atoms. The highest BCUT2D eigenvalue weighted by atomic mass is 14.8. The van der Waals surface area contributed by atoms with E-state index in [-0.39, 0.29) is 0 Å². The molecule has 0 aliphatic rings. The van der Waals surface area contributed by atoms with Gasteiger partial charge in [0.25, 0.3) is 0 Å². The van der Waals surface area contributed by atoms with Crippen molar-refractivity contribution in [1.29, 1.82) is 0 Å². The Morgan fingerprint density at radius 3 is 1.74 bits per heavy atom. The number of hydrogen-bond donors (Lipinski definition) is 2. The van der Waals surface area contributed by atoms with E-state index in [1.54, 1.807) is 0 Å². The number of unbranched alkanes of at least 4 members (excludes halogenated alkanes) is 12. The minimum absolute atomic E-state index is 0.625. The summed E-state index contributed by atoms with van der Waals surface area (Å²) in [5, 5.41) is 3.27. The molecule has 0 saturated heterocycles. The van der Waals surface area contributed by atoms with Gasteiger partial charge in [-0.3, -0.25) is 0 Å². The van der Waals surface area contributed by atoms with Crippen LogP contribution in [-0.4, -0.2) is 13.1 Å². The van der Waals surface area contributed by atoms with E-state index >= 15 is 0 Å². The first-order chi connectivity index (χ1) is 11.4. The summed E-state index contributed by atoms with van der Waals surface area (Å²) >= 11 is 0. The third-order valence-electron chi connectivity index (χ3n) is 4.20. The number of hydrogen-bond acceptors (Lipinski definition) is 2. The van der Waals surface area contributed by atoms with Crippen molar-refractivity contribution < 1.29 is 0 Å². The van der Waals surface area contributed by atoms with Crippen molar-refractivity contribution in [2.75, 3.05) is 13.1 Å². The van der Waals surface area contributed by atoms with Gasteiger partial charge in [0, 0.05) is 13.1 Å². The van der Waals surface area contributed by atoms with E-state index < -0.39 is 0 Å². The molecular formula is C21H42N2. The van der Waals surface area contributed by atoms with Crippen LogP contribution in [0, 0.1) is 0 Å². The minimum Gasteiger partial charge on any atom is -0.391 e. The zero-order valence-corrected chi connectivity index (χ0v) is 15.7. The molecule has 0 saturated carbocycles. The molecule has 0 aromatic rings. The summed E-state index contributed by atoms with van der Waals surface area (Å²) in [4.78, 5) is 0. The zero-order chi connectivity index (χ0) is 16.8. The largest absolute Gasteiger partial charge is 0.391 e. The lowest BCUT2D eigenvalue weighted by atomic mass is 10.1. The second kappa shape index (κ2) is 21.2. The lowest BCUT2D eigenvalue weighted by Crippen LogP contribution is -2.07. The summed E-state index contributed by atoms with van der Waals surface area (Å²) in [6.07, 6.45) is 27.9. The molecule has 0 aliphatic heterocycles. The molecule has 0 aromatic carbocycles. The van der Waals surface area contributed by atoms with E-state index in [4.69, 9.17) is 5.73 Å². The number of nitrogens with two attached hydrogens (primary N) is 1. The summed E-state index contributed by atoms with van der Waals surface area (Å²) in [5.41, 5.74) is 5.37. The Bertz CT molecular complexity index is 259. The molecule has 0 aliphatic carbocycles. The fourth-order valence-electron chi connectivity index (χ4n) is 2.71. The van der Waals surface area contributed by atoms with Crippen LogP contribution in [0.25, 0.3) is 0 Å². The molecule has 0 radical (unpaired) electrons. The van der Waals surface area contributed by atoms with Crippen LogP contribution in [0.5, 0.6) is 0 Å².